The molecule has 1 amide bonds. The van der Waals surface area contributed by atoms with Gasteiger partial charge in [-0.2, -0.15) is 0 Å². The minimum Gasteiger partial charge on any atom is -0.481 e. The highest BCUT2D eigenvalue weighted by Gasteiger charge is 2.18. The highest BCUT2D eigenvalue weighted by Crippen LogP contribution is 2.31. The Morgan fingerprint density at radius 3 is 3.14 bits per heavy atom. The molecule has 1 heterocycles. The van der Waals surface area contributed by atoms with E-state index in [1.54, 1.807) is 14.0 Å². The molecule has 5 heteroatoms. The van der Waals surface area contributed by atoms with Gasteiger partial charge < -0.3 is 20.1 Å². The van der Waals surface area contributed by atoms with Crippen molar-refractivity contribution in [1.82, 2.24) is 5.32 Å². The maximum atomic E-state index is 12.0. The van der Waals surface area contributed by atoms with E-state index in [-0.39, 0.29) is 5.91 Å². The van der Waals surface area contributed by atoms with Gasteiger partial charge in [0, 0.05) is 38.1 Å². The van der Waals surface area contributed by atoms with Gasteiger partial charge in [0.1, 0.15) is 5.75 Å². The van der Waals surface area contributed by atoms with Crippen LogP contribution < -0.4 is 15.4 Å². The molecule has 0 bridgehead atoms. The predicted molar refractivity (Wildman–Crippen MR) is 82.8 cm³/mol. The lowest BCUT2D eigenvalue weighted by Gasteiger charge is -2.23. The lowest BCUT2D eigenvalue weighted by atomic mass is 10.0. The first kappa shape index (κ1) is 15.6. The maximum Gasteiger partial charge on any atom is 0.260 e. The highest BCUT2D eigenvalue weighted by atomic mass is 16.5. The summed E-state index contributed by atoms with van der Waals surface area (Å²) in [4.78, 5) is 12.0. The topological polar surface area (TPSA) is 59.6 Å². The average Bonchev–Trinajstić information content (AvgIpc) is 2.51. The zero-order valence-electron chi connectivity index (χ0n) is 12.8. The minimum absolute atomic E-state index is 0.0903. The van der Waals surface area contributed by atoms with E-state index in [2.05, 4.69) is 16.7 Å². The molecule has 21 heavy (non-hydrogen) atoms. The molecule has 1 unspecified atom stereocenters. The van der Waals surface area contributed by atoms with Crippen LogP contribution in [0.1, 0.15) is 25.3 Å². The lowest BCUT2D eigenvalue weighted by Crippen LogP contribution is -2.37. The number of carbonyl (C=O) groups excluding carboxylic acids is 1. The second-order valence-electron chi connectivity index (χ2n) is 5.21. The van der Waals surface area contributed by atoms with Crippen LogP contribution in [-0.4, -0.2) is 38.8 Å². The summed E-state index contributed by atoms with van der Waals surface area (Å²) in [6.07, 6.45) is 2.38. The summed E-state index contributed by atoms with van der Waals surface area (Å²) < 4.78 is 10.8. The van der Waals surface area contributed by atoms with E-state index in [0.717, 1.165) is 37.2 Å². The molecule has 1 aromatic rings. The molecule has 0 fully saturated rings. The van der Waals surface area contributed by atoms with E-state index in [9.17, 15) is 4.79 Å². The molecule has 0 saturated carbocycles. The second-order valence-corrected chi connectivity index (χ2v) is 5.21. The number of rotatable bonds is 7. The number of anilines is 1. The first-order valence-electron chi connectivity index (χ1n) is 7.51. The van der Waals surface area contributed by atoms with Crippen molar-refractivity contribution in [2.45, 2.75) is 32.3 Å². The maximum absolute atomic E-state index is 12.0. The van der Waals surface area contributed by atoms with Gasteiger partial charge in [-0.15, -0.1) is 0 Å². The van der Waals surface area contributed by atoms with Crippen LogP contribution in [0.3, 0.4) is 0 Å². The number of hydrogen-bond donors (Lipinski definition) is 2. The van der Waals surface area contributed by atoms with Crippen molar-refractivity contribution in [3.05, 3.63) is 23.8 Å². The summed E-state index contributed by atoms with van der Waals surface area (Å²) in [7, 11) is 1.65. The van der Waals surface area contributed by atoms with Crippen LogP contribution in [0, 0.1) is 0 Å². The summed E-state index contributed by atoms with van der Waals surface area (Å²) in [5, 5.41) is 6.22. The van der Waals surface area contributed by atoms with Crippen molar-refractivity contribution in [2.24, 2.45) is 0 Å². The lowest BCUT2D eigenvalue weighted by molar-refractivity contribution is -0.127. The zero-order chi connectivity index (χ0) is 15.1. The molecule has 2 N–H and O–H groups in total. The second kappa shape index (κ2) is 7.88. The zero-order valence-corrected chi connectivity index (χ0v) is 12.8. The Kier molecular flexibility index (Phi) is 5.87. The summed E-state index contributed by atoms with van der Waals surface area (Å²) in [5.41, 5.74) is 2.29. The number of benzene rings is 1. The number of fused-ring (bicyclic) bond motifs is 1. The molecule has 0 spiro atoms. The van der Waals surface area contributed by atoms with Crippen molar-refractivity contribution >= 4 is 11.6 Å². The van der Waals surface area contributed by atoms with Crippen LogP contribution >= 0.6 is 0 Å². The molecule has 0 aliphatic carbocycles. The van der Waals surface area contributed by atoms with Crippen molar-refractivity contribution in [3.63, 3.8) is 0 Å². The van der Waals surface area contributed by atoms with Crippen LogP contribution in [0.15, 0.2) is 18.2 Å². The Bertz CT molecular complexity index is 477. The number of amides is 1. The van der Waals surface area contributed by atoms with E-state index in [1.807, 2.05) is 12.1 Å². The van der Waals surface area contributed by atoms with Crippen LogP contribution in [0.25, 0.3) is 0 Å². The molecular weight excluding hydrogens is 268 g/mol. The first-order valence-corrected chi connectivity index (χ1v) is 7.51. The fraction of sp³-hybridized carbons (Fsp3) is 0.562. The third-order valence-corrected chi connectivity index (χ3v) is 3.55. The van der Waals surface area contributed by atoms with Gasteiger partial charge in [0.25, 0.3) is 5.91 Å². The number of hydrogen-bond acceptors (Lipinski definition) is 4. The molecule has 1 aliphatic rings. The predicted octanol–water partition coefficient (Wildman–Crippen LogP) is 1.96. The smallest absolute Gasteiger partial charge is 0.260 e. The average molecular weight is 292 g/mol. The molecule has 116 valence electrons. The Morgan fingerprint density at radius 1 is 1.48 bits per heavy atom. The SMILES string of the molecule is COCCCNC(=O)C(C)Oc1cccc2c1CCCN2. The van der Waals surface area contributed by atoms with Gasteiger partial charge in [-0.25, -0.2) is 0 Å². The number of methoxy groups -OCH3 is 1. The molecule has 1 atom stereocenters. The molecule has 2 rings (SSSR count). The highest BCUT2D eigenvalue weighted by molar-refractivity contribution is 5.80. The largest absolute Gasteiger partial charge is 0.481 e. The Hall–Kier alpha value is -1.75. The molecule has 0 saturated heterocycles. The van der Waals surface area contributed by atoms with Gasteiger partial charge in [0.05, 0.1) is 0 Å². The Morgan fingerprint density at radius 2 is 2.33 bits per heavy atom. The van der Waals surface area contributed by atoms with Crippen LogP contribution in [0.2, 0.25) is 0 Å². The fourth-order valence-corrected chi connectivity index (χ4v) is 2.40. The first-order chi connectivity index (χ1) is 10.2. The number of nitrogens with one attached hydrogen (secondary N) is 2. The van der Waals surface area contributed by atoms with Gasteiger partial charge in [-0.3, -0.25) is 4.79 Å². The van der Waals surface area contributed by atoms with Gasteiger partial charge in [-0.05, 0) is 38.3 Å². The molecular formula is C16H24N2O3. The van der Waals surface area contributed by atoms with Crippen LogP contribution in [-0.2, 0) is 16.0 Å². The molecule has 1 aromatic carbocycles. The van der Waals surface area contributed by atoms with E-state index in [1.165, 1.54) is 5.56 Å². The van der Waals surface area contributed by atoms with E-state index in [4.69, 9.17) is 9.47 Å². The third kappa shape index (κ3) is 4.36. The third-order valence-electron chi connectivity index (χ3n) is 3.55. The number of ether oxygens (including phenoxy) is 2. The summed E-state index contributed by atoms with van der Waals surface area (Å²) in [5.74, 6) is 0.715. The normalized spacial score (nSPS) is 14.8. The molecule has 5 nitrogen and oxygen atoms in total. The number of carbonyl (C=O) groups is 1. The van der Waals surface area contributed by atoms with Gasteiger partial charge in [0.2, 0.25) is 0 Å². The summed E-state index contributed by atoms with van der Waals surface area (Å²) >= 11 is 0. The van der Waals surface area contributed by atoms with Gasteiger partial charge in [0.15, 0.2) is 6.10 Å². The van der Waals surface area contributed by atoms with Crippen molar-refractivity contribution in [3.8, 4) is 5.75 Å². The van der Waals surface area contributed by atoms with Crippen LogP contribution in [0.5, 0.6) is 5.75 Å². The fourth-order valence-electron chi connectivity index (χ4n) is 2.40. The monoisotopic (exact) mass is 292 g/mol. The van der Waals surface area contributed by atoms with Crippen molar-refractivity contribution in [2.75, 3.05) is 32.1 Å². The van der Waals surface area contributed by atoms with Crippen molar-refractivity contribution in [1.29, 1.82) is 0 Å². The minimum atomic E-state index is -0.499. The van der Waals surface area contributed by atoms with E-state index in [0.29, 0.717) is 13.2 Å². The quantitative estimate of drug-likeness (QED) is 0.754. The summed E-state index contributed by atoms with van der Waals surface area (Å²) in [6.45, 7) is 4.02. The van der Waals surface area contributed by atoms with Gasteiger partial charge in [-0.1, -0.05) is 6.07 Å². The molecule has 0 aromatic heterocycles. The van der Waals surface area contributed by atoms with Gasteiger partial charge >= 0.3 is 0 Å². The van der Waals surface area contributed by atoms with E-state index < -0.39 is 6.10 Å². The Labute approximate surface area is 126 Å². The molecule has 0 radical (unpaired) electrons. The molecule has 1 aliphatic heterocycles. The van der Waals surface area contributed by atoms with Crippen molar-refractivity contribution < 1.29 is 14.3 Å². The Balaban J connectivity index is 1.90. The standard InChI is InChI=1S/C16H24N2O3/c1-12(16(19)18-10-5-11-20-2)21-15-8-3-7-14-13(15)6-4-9-17-14/h3,7-8,12,17H,4-6,9-11H2,1-2H3,(H,18,19). The van der Waals surface area contributed by atoms with Crippen LogP contribution in [0.4, 0.5) is 5.69 Å². The van der Waals surface area contributed by atoms with E-state index >= 15 is 0 Å². The summed E-state index contributed by atoms with van der Waals surface area (Å²) in [6, 6.07) is 5.94.